The first-order valence-corrected chi connectivity index (χ1v) is 16.9. The van der Waals surface area contributed by atoms with Crippen molar-refractivity contribution in [2.75, 3.05) is 38.7 Å². The second kappa shape index (κ2) is 12.4. The van der Waals surface area contributed by atoms with E-state index in [1.807, 2.05) is 0 Å². The lowest BCUT2D eigenvalue weighted by Gasteiger charge is -2.35. The second-order valence-electron chi connectivity index (χ2n) is 10.6. The van der Waals surface area contributed by atoms with E-state index in [4.69, 9.17) is 25.8 Å². The van der Waals surface area contributed by atoms with Crippen molar-refractivity contribution in [3.05, 3.63) is 11.5 Å². The Kier molecular flexibility index (Phi) is 9.33. The Morgan fingerprint density at radius 1 is 1.21 bits per heavy atom. The highest BCUT2D eigenvalue weighted by Crippen LogP contribution is 2.52. The Hall–Kier alpha value is -2.03. The molecule has 2 aromatic heterocycles. The van der Waals surface area contributed by atoms with Crippen LogP contribution < -0.4 is 10.0 Å². The number of nitrogens with one attached hydrogen (secondary N) is 2. The van der Waals surface area contributed by atoms with E-state index >= 15 is 0 Å². The molecule has 18 nitrogen and oxygen atoms in total. The molecule has 43 heavy (non-hydrogen) atoms. The van der Waals surface area contributed by atoms with Crippen molar-refractivity contribution < 1.29 is 52.0 Å². The summed E-state index contributed by atoms with van der Waals surface area (Å²) in [6.07, 6.45) is -0.0993. The highest BCUT2D eigenvalue weighted by Gasteiger charge is 2.58. The number of nitrogens with zero attached hydrogens (tertiary/aromatic N) is 5. The number of aliphatic hydroxyl groups is 2. The summed E-state index contributed by atoms with van der Waals surface area (Å²) in [5.74, 6) is -1.24. The summed E-state index contributed by atoms with van der Waals surface area (Å²) in [5.41, 5.74) is 0.179. The molecule has 2 saturated heterocycles. The number of amides is 1. The molecule has 3 aliphatic rings. The van der Waals surface area contributed by atoms with Gasteiger partial charge in [0.25, 0.3) is 11.2 Å². The molecule has 240 valence electrons. The Labute approximate surface area is 251 Å². The Morgan fingerprint density at radius 2 is 1.91 bits per heavy atom. The molecule has 6 N–H and O–H groups in total. The molecule has 4 heterocycles. The molecular formula is C22H33ClN7O11PS. The van der Waals surface area contributed by atoms with Crippen molar-refractivity contribution in [3.8, 4) is 0 Å². The van der Waals surface area contributed by atoms with Crippen LogP contribution in [0.3, 0.4) is 0 Å². The van der Waals surface area contributed by atoms with Crippen LogP contribution in [0.25, 0.3) is 11.0 Å². The largest absolute Gasteiger partial charge is 0.387 e. The number of anilines is 1. The molecule has 1 aliphatic carbocycles. The number of ether oxygens (including phenoxy) is 3. The summed E-state index contributed by atoms with van der Waals surface area (Å²) in [6, 6.07) is 0.189. The van der Waals surface area contributed by atoms with Crippen LogP contribution in [-0.4, -0.2) is 121 Å². The van der Waals surface area contributed by atoms with E-state index in [1.165, 1.54) is 10.9 Å². The van der Waals surface area contributed by atoms with Crippen LogP contribution in [0.4, 0.5) is 5.82 Å². The molecule has 1 saturated carbocycles. The second-order valence-corrected chi connectivity index (χ2v) is 14.4. The number of fused-ring (bicyclic) bond motifs is 1. The lowest BCUT2D eigenvalue weighted by atomic mass is 10.1. The number of aliphatic hydroxyl groups excluding tert-OH is 2. The van der Waals surface area contributed by atoms with E-state index in [2.05, 4.69) is 20.4 Å². The minimum Gasteiger partial charge on any atom is -0.387 e. The van der Waals surface area contributed by atoms with E-state index in [-0.39, 0.29) is 30.1 Å². The molecule has 1 unspecified atom stereocenters. The van der Waals surface area contributed by atoms with E-state index in [1.54, 1.807) is 4.72 Å². The maximum Gasteiger partial charge on any atom is 0.369 e. The van der Waals surface area contributed by atoms with Crippen molar-refractivity contribution in [2.24, 2.45) is 0 Å². The van der Waals surface area contributed by atoms with Gasteiger partial charge in [-0.3, -0.25) is 9.36 Å². The highest BCUT2D eigenvalue weighted by molar-refractivity contribution is 7.87. The van der Waals surface area contributed by atoms with Gasteiger partial charge in [-0.1, -0.05) is 12.8 Å². The van der Waals surface area contributed by atoms with Crippen LogP contribution in [0.1, 0.15) is 38.3 Å². The lowest BCUT2D eigenvalue weighted by Crippen LogP contribution is -2.58. The topological polar surface area (TPSA) is 248 Å². The molecule has 3 fully saturated rings. The average Bonchev–Trinajstić information content (AvgIpc) is 3.60. The van der Waals surface area contributed by atoms with E-state index in [0.717, 1.165) is 37.1 Å². The maximum atomic E-state index is 13.1. The van der Waals surface area contributed by atoms with Gasteiger partial charge < -0.3 is 39.5 Å². The average molecular weight is 670 g/mol. The van der Waals surface area contributed by atoms with E-state index < -0.39 is 66.8 Å². The van der Waals surface area contributed by atoms with Gasteiger partial charge in [-0.15, -0.1) is 0 Å². The van der Waals surface area contributed by atoms with Crippen molar-refractivity contribution in [2.45, 2.75) is 68.0 Å². The zero-order valence-electron chi connectivity index (χ0n) is 22.9. The fourth-order valence-electron chi connectivity index (χ4n) is 5.21. The van der Waals surface area contributed by atoms with E-state index in [9.17, 15) is 37.8 Å². The quantitative estimate of drug-likeness (QED) is 0.118. The third-order valence-corrected chi connectivity index (χ3v) is 10.8. The molecule has 0 radical (unpaired) electrons. The highest BCUT2D eigenvalue weighted by atomic mass is 35.5. The Morgan fingerprint density at radius 3 is 2.51 bits per heavy atom. The Balaban J connectivity index is 1.37. The number of halogens is 1. The molecule has 0 aromatic carbocycles. The standard InChI is InChI=1S/C22H33ClN7O11PS/c1-39-11-22(42(34,35)36,20(33)28-43(37,38)29-7-4-8-29)40-10-14-15(31)16(32)19(41-14)30-18-13(9-24-30)17(26-21(23)27-18)25-12-5-2-3-6-12/h9,12,14-16,19,31-32H,2-8,10-11H2,1H3,(H,28,33)(H,25,26,27)(H2,34,35,36)/t14-,15-,16-,19-,22?/m1/s1. The first-order valence-electron chi connectivity index (χ1n) is 13.5. The first kappa shape index (κ1) is 32.4. The van der Waals surface area contributed by atoms with Gasteiger partial charge in [-0.25, -0.2) is 9.40 Å². The van der Waals surface area contributed by atoms with Gasteiger partial charge in [-0.2, -0.15) is 27.8 Å². The molecule has 5 atom stereocenters. The fraction of sp³-hybridized carbons (Fsp3) is 0.727. The van der Waals surface area contributed by atoms with Crippen LogP contribution >= 0.6 is 19.2 Å². The van der Waals surface area contributed by atoms with Crippen molar-refractivity contribution in [3.63, 3.8) is 0 Å². The number of rotatable bonds is 12. The summed E-state index contributed by atoms with van der Waals surface area (Å²) in [6.45, 7) is -1.68. The maximum absolute atomic E-state index is 13.1. The molecule has 2 aromatic rings. The molecule has 5 rings (SSSR count). The zero-order valence-corrected chi connectivity index (χ0v) is 25.4. The first-order chi connectivity index (χ1) is 20.3. The number of hydrogen-bond acceptors (Lipinski definition) is 13. The van der Waals surface area contributed by atoms with Crippen molar-refractivity contribution in [1.82, 2.24) is 28.8 Å². The summed E-state index contributed by atoms with van der Waals surface area (Å²) < 4.78 is 57.3. The normalized spacial score (nSPS) is 26.8. The van der Waals surface area contributed by atoms with Crippen molar-refractivity contribution in [1.29, 1.82) is 0 Å². The predicted octanol–water partition coefficient (Wildman–Crippen LogP) is -0.943. The van der Waals surface area contributed by atoms with Gasteiger partial charge in [0.05, 0.1) is 24.8 Å². The number of carbonyl (C=O) groups excluding carboxylic acids is 1. The molecule has 0 bridgehead atoms. The monoisotopic (exact) mass is 669 g/mol. The van der Waals surface area contributed by atoms with Crippen LogP contribution in [0, 0.1) is 0 Å². The summed E-state index contributed by atoms with van der Waals surface area (Å²) >= 11 is 6.17. The third kappa shape index (κ3) is 6.26. The molecule has 1 amide bonds. The predicted molar refractivity (Wildman–Crippen MR) is 148 cm³/mol. The minimum atomic E-state index is -5.60. The van der Waals surface area contributed by atoms with E-state index in [0.29, 0.717) is 17.6 Å². The summed E-state index contributed by atoms with van der Waals surface area (Å²) in [5, 5.41) is 26.4. The molecule has 2 aliphatic heterocycles. The molecule has 0 spiro atoms. The minimum absolute atomic E-state index is 0.104. The van der Waals surface area contributed by atoms with Gasteiger partial charge in [0, 0.05) is 26.2 Å². The number of aromatic nitrogens is 4. The fourth-order valence-corrected chi connectivity index (χ4v) is 7.57. The van der Waals surface area contributed by atoms with Gasteiger partial charge in [0.15, 0.2) is 11.9 Å². The smallest absolute Gasteiger partial charge is 0.369 e. The summed E-state index contributed by atoms with van der Waals surface area (Å²) in [4.78, 5) is 41.8. The van der Waals surface area contributed by atoms with Gasteiger partial charge in [-0.05, 0) is 30.9 Å². The third-order valence-electron chi connectivity index (χ3n) is 7.73. The molecular weight excluding hydrogens is 637 g/mol. The number of hydrogen-bond donors (Lipinski definition) is 6. The van der Waals surface area contributed by atoms with Crippen LogP contribution in [-0.2, 0) is 33.8 Å². The van der Waals surface area contributed by atoms with Gasteiger partial charge in [0.2, 0.25) is 5.28 Å². The zero-order chi connectivity index (χ0) is 31.2. The van der Waals surface area contributed by atoms with Crippen LogP contribution in [0.5, 0.6) is 0 Å². The lowest BCUT2D eigenvalue weighted by molar-refractivity contribution is -0.151. The SMILES string of the molecule is COCC(OC[C@H]1O[C@@H](n2ncc3c(NC4CCCC4)nc(Cl)nc32)[C@H](O)[C@@H]1O)(C(=O)NS(=O)(=O)N1CCC1)P(=O)(O)O. The van der Waals surface area contributed by atoms with Crippen LogP contribution in [0.2, 0.25) is 5.28 Å². The number of carbonyl (C=O) groups is 1. The van der Waals surface area contributed by atoms with Gasteiger partial charge >= 0.3 is 17.8 Å². The van der Waals surface area contributed by atoms with Gasteiger partial charge in [0.1, 0.15) is 24.1 Å². The van der Waals surface area contributed by atoms with Crippen LogP contribution in [0.15, 0.2) is 6.20 Å². The number of methoxy groups -OCH3 is 1. The van der Waals surface area contributed by atoms with Crippen molar-refractivity contribution >= 4 is 52.2 Å². The summed E-state index contributed by atoms with van der Waals surface area (Å²) in [7, 11) is -8.99. The Bertz CT molecular complexity index is 1500. The molecule has 21 heteroatoms.